The number of rotatable bonds is 5. The summed E-state index contributed by atoms with van der Waals surface area (Å²) in [5, 5.41) is 6.50. The van der Waals surface area contributed by atoms with Gasteiger partial charge in [0.1, 0.15) is 11.4 Å². The molecule has 29 heavy (non-hydrogen) atoms. The van der Waals surface area contributed by atoms with E-state index in [1.807, 2.05) is 0 Å². The van der Waals surface area contributed by atoms with Crippen molar-refractivity contribution in [2.75, 3.05) is 17.7 Å². The van der Waals surface area contributed by atoms with E-state index in [1.54, 1.807) is 24.3 Å². The molecule has 0 aliphatic carbocycles. The van der Waals surface area contributed by atoms with Gasteiger partial charge in [-0.1, -0.05) is 6.07 Å². The number of hydrogen-bond acceptors (Lipinski definition) is 5. The summed E-state index contributed by atoms with van der Waals surface area (Å²) in [5.41, 5.74) is -0.545. The zero-order valence-electron chi connectivity index (χ0n) is 14.9. The summed E-state index contributed by atoms with van der Waals surface area (Å²) in [4.78, 5) is 28.5. The molecular weight excluding hydrogens is 407 g/mol. The van der Waals surface area contributed by atoms with Crippen LogP contribution >= 0.6 is 11.3 Å². The first-order valence-corrected chi connectivity index (χ1v) is 9.04. The Morgan fingerprint density at radius 3 is 2.41 bits per heavy atom. The van der Waals surface area contributed by atoms with Crippen LogP contribution in [0.5, 0.6) is 5.75 Å². The zero-order chi connectivity index (χ0) is 21.0. The fourth-order valence-corrected chi connectivity index (χ4v) is 3.00. The van der Waals surface area contributed by atoms with Gasteiger partial charge >= 0.3 is 6.18 Å². The first-order valence-electron chi connectivity index (χ1n) is 8.16. The van der Waals surface area contributed by atoms with Crippen molar-refractivity contribution in [1.82, 2.24) is 4.98 Å². The third-order valence-electron chi connectivity index (χ3n) is 3.76. The summed E-state index contributed by atoms with van der Waals surface area (Å²) in [6, 6.07) is 10.7. The quantitative estimate of drug-likeness (QED) is 0.627. The van der Waals surface area contributed by atoms with Crippen molar-refractivity contribution in [3.63, 3.8) is 0 Å². The number of amides is 2. The second-order valence-corrected chi connectivity index (χ2v) is 6.61. The van der Waals surface area contributed by atoms with Gasteiger partial charge in [0.2, 0.25) is 0 Å². The van der Waals surface area contributed by atoms with Crippen molar-refractivity contribution in [2.24, 2.45) is 0 Å². The van der Waals surface area contributed by atoms with Gasteiger partial charge in [-0.2, -0.15) is 13.2 Å². The Morgan fingerprint density at radius 1 is 1.03 bits per heavy atom. The third kappa shape index (κ3) is 5.11. The Bertz CT molecular complexity index is 1030. The van der Waals surface area contributed by atoms with Crippen LogP contribution in [0.3, 0.4) is 0 Å². The number of thiazole rings is 1. The van der Waals surface area contributed by atoms with Crippen LogP contribution < -0.4 is 15.4 Å². The predicted molar refractivity (Wildman–Crippen MR) is 102 cm³/mol. The Morgan fingerprint density at radius 2 is 1.76 bits per heavy atom. The molecule has 2 amide bonds. The predicted octanol–water partition coefficient (Wildman–Crippen LogP) is 4.68. The molecule has 0 saturated heterocycles. The maximum Gasteiger partial charge on any atom is 0.416 e. The fourth-order valence-electron chi connectivity index (χ4n) is 2.32. The first kappa shape index (κ1) is 20.3. The molecule has 0 radical (unpaired) electrons. The standard InChI is InChI=1S/C19H14F3N3O3S/c1-28-14-7-5-11(6-8-14)16(26)25-18-24-15(10-29-18)17(27)23-13-4-2-3-12(9-13)19(20,21)22/h2-10H,1H3,(H,23,27)(H,24,25,26). The SMILES string of the molecule is COc1ccc(C(=O)Nc2nc(C(=O)Nc3cccc(C(F)(F)F)c3)cs2)cc1. The van der Waals surface area contributed by atoms with Crippen LogP contribution in [0.2, 0.25) is 0 Å². The molecule has 1 heterocycles. The van der Waals surface area contributed by atoms with Gasteiger partial charge in [-0.25, -0.2) is 4.98 Å². The molecule has 1 aromatic heterocycles. The highest BCUT2D eigenvalue weighted by Gasteiger charge is 2.30. The van der Waals surface area contributed by atoms with E-state index in [9.17, 15) is 22.8 Å². The van der Waals surface area contributed by atoms with E-state index < -0.39 is 23.6 Å². The highest BCUT2D eigenvalue weighted by molar-refractivity contribution is 7.14. The van der Waals surface area contributed by atoms with E-state index in [-0.39, 0.29) is 16.5 Å². The number of nitrogens with zero attached hydrogens (tertiary/aromatic N) is 1. The minimum atomic E-state index is -4.51. The molecule has 0 atom stereocenters. The average molecular weight is 421 g/mol. The molecule has 2 aromatic carbocycles. The molecule has 0 fully saturated rings. The number of aromatic nitrogens is 1. The maximum atomic E-state index is 12.8. The first-order chi connectivity index (χ1) is 13.8. The molecular formula is C19H14F3N3O3S. The topological polar surface area (TPSA) is 80.3 Å². The van der Waals surface area contributed by atoms with Gasteiger partial charge in [0, 0.05) is 16.6 Å². The molecule has 0 saturated carbocycles. The number of halogens is 3. The van der Waals surface area contributed by atoms with E-state index in [2.05, 4.69) is 15.6 Å². The van der Waals surface area contributed by atoms with Crippen molar-refractivity contribution in [1.29, 1.82) is 0 Å². The molecule has 0 unspecified atom stereocenters. The summed E-state index contributed by atoms with van der Waals surface area (Å²) >= 11 is 1.02. The molecule has 0 aliphatic rings. The van der Waals surface area contributed by atoms with Crippen LogP contribution in [-0.4, -0.2) is 23.9 Å². The number of hydrogen-bond donors (Lipinski definition) is 2. The van der Waals surface area contributed by atoms with E-state index in [0.29, 0.717) is 11.3 Å². The Labute approximate surface area is 167 Å². The molecule has 10 heteroatoms. The van der Waals surface area contributed by atoms with Crippen LogP contribution in [0.25, 0.3) is 0 Å². The van der Waals surface area contributed by atoms with Crippen LogP contribution in [0.15, 0.2) is 53.9 Å². The average Bonchev–Trinajstić information content (AvgIpc) is 3.16. The highest BCUT2D eigenvalue weighted by Crippen LogP contribution is 2.30. The Balaban J connectivity index is 1.66. The molecule has 6 nitrogen and oxygen atoms in total. The van der Waals surface area contributed by atoms with Crippen LogP contribution in [0, 0.1) is 0 Å². The summed E-state index contributed by atoms with van der Waals surface area (Å²) in [7, 11) is 1.51. The minimum absolute atomic E-state index is 0.0124. The summed E-state index contributed by atoms with van der Waals surface area (Å²) in [5.74, 6) is -0.512. The van der Waals surface area contributed by atoms with Gasteiger partial charge in [0.15, 0.2) is 5.13 Å². The van der Waals surface area contributed by atoms with E-state index in [4.69, 9.17) is 4.74 Å². The molecule has 2 N–H and O–H groups in total. The second-order valence-electron chi connectivity index (χ2n) is 5.75. The minimum Gasteiger partial charge on any atom is -0.497 e. The summed E-state index contributed by atoms with van der Waals surface area (Å²) in [6.45, 7) is 0. The molecule has 3 rings (SSSR count). The summed E-state index contributed by atoms with van der Waals surface area (Å²) in [6.07, 6.45) is -4.51. The van der Waals surface area contributed by atoms with Gasteiger partial charge in [-0.05, 0) is 42.5 Å². The number of methoxy groups -OCH3 is 1. The lowest BCUT2D eigenvalue weighted by molar-refractivity contribution is -0.137. The number of nitrogens with one attached hydrogen (secondary N) is 2. The molecule has 3 aromatic rings. The molecule has 0 aliphatic heterocycles. The Kier molecular flexibility index (Phi) is 5.83. The van der Waals surface area contributed by atoms with Crippen molar-refractivity contribution in [3.8, 4) is 5.75 Å². The van der Waals surface area contributed by atoms with Gasteiger partial charge in [-0.15, -0.1) is 11.3 Å². The number of alkyl halides is 3. The van der Waals surface area contributed by atoms with Crippen molar-refractivity contribution >= 4 is 34.0 Å². The monoisotopic (exact) mass is 421 g/mol. The maximum absolute atomic E-state index is 12.8. The van der Waals surface area contributed by atoms with Crippen LogP contribution in [0.1, 0.15) is 26.4 Å². The summed E-state index contributed by atoms with van der Waals surface area (Å²) < 4.78 is 43.3. The molecule has 150 valence electrons. The number of ether oxygens (including phenoxy) is 1. The highest BCUT2D eigenvalue weighted by atomic mass is 32.1. The number of carbonyl (C=O) groups excluding carboxylic acids is 2. The van der Waals surface area contributed by atoms with E-state index in [1.165, 1.54) is 24.6 Å². The Hall–Kier alpha value is -3.40. The van der Waals surface area contributed by atoms with Gasteiger partial charge in [0.05, 0.1) is 12.7 Å². The van der Waals surface area contributed by atoms with Gasteiger partial charge in [0.25, 0.3) is 11.8 Å². The third-order valence-corrected chi connectivity index (χ3v) is 4.51. The second kappa shape index (κ2) is 8.31. The number of anilines is 2. The smallest absolute Gasteiger partial charge is 0.416 e. The lowest BCUT2D eigenvalue weighted by atomic mass is 10.2. The van der Waals surface area contributed by atoms with Crippen molar-refractivity contribution < 1.29 is 27.5 Å². The van der Waals surface area contributed by atoms with Crippen molar-refractivity contribution in [3.05, 3.63) is 70.7 Å². The van der Waals surface area contributed by atoms with Crippen molar-refractivity contribution in [2.45, 2.75) is 6.18 Å². The van der Waals surface area contributed by atoms with E-state index >= 15 is 0 Å². The van der Waals surface area contributed by atoms with Gasteiger partial charge < -0.3 is 10.1 Å². The molecule has 0 spiro atoms. The van der Waals surface area contributed by atoms with Gasteiger partial charge in [-0.3, -0.25) is 14.9 Å². The zero-order valence-corrected chi connectivity index (χ0v) is 15.7. The van der Waals surface area contributed by atoms with Crippen LogP contribution in [-0.2, 0) is 6.18 Å². The van der Waals surface area contributed by atoms with Crippen LogP contribution in [0.4, 0.5) is 24.0 Å². The largest absolute Gasteiger partial charge is 0.497 e. The molecule has 0 bridgehead atoms. The lowest BCUT2D eigenvalue weighted by Crippen LogP contribution is -2.15. The van der Waals surface area contributed by atoms with E-state index in [0.717, 1.165) is 23.5 Å². The normalized spacial score (nSPS) is 11.0. The fraction of sp³-hybridized carbons (Fsp3) is 0.105. The number of carbonyl (C=O) groups is 2. The lowest BCUT2D eigenvalue weighted by Gasteiger charge is -2.09. The number of benzene rings is 2.